The number of phenolic OH excluding ortho intramolecular Hbond substituents is 1. The van der Waals surface area contributed by atoms with Crippen LogP contribution in [0, 0.1) is 0 Å². The Morgan fingerprint density at radius 3 is 2.00 bits per heavy atom. The maximum Gasteiger partial charge on any atom is 0.331 e. The van der Waals surface area contributed by atoms with Gasteiger partial charge in [0.1, 0.15) is 11.9 Å². The predicted octanol–water partition coefficient (Wildman–Crippen LogP) is 5.95. The van der Waals surface area contributed by atoms with E-state index in [1.54, 1.807) is 6.08 Å². The van der Waals surface area contributed by atoms with Crippen LogP contribution in [0.5, 0.6) is 5.75 Å². The van der Waals surface area contributed by atoms with Crippen molar-refractivity contribution in [2.75, 3.05) is 0 Å². The molecule has 0 atom stereocenters. The molecular weight excluding hydrogens is 390 g/mol. The lowest BCUT2D eigenvalue weighted by Crippen LogP contribution is -2.60. The third kappa shape index (κ3) is 5.69. The van der Waals surface area contributed by atoms with Crippen LogP contribution in [0.25, 0.3) is 6.08 Å². The van der Waals surface area contributed by atoms with Gasteiger partial charge in [-0.3, -0.25) is 0 Å². The highest BCUT2D eigenvalue weighted by Crippen LogP contribution is 2.42. The van der Waals surface area contributed by atoms with Crippen molar-refractivity contribution in [2.45, 2.75) is 110 Å². The molecule has 1 aliphatic rings. The van der Waals surface area contributed by atoms with Crippen molar-refractivity contribution in [1.29, 1.82) is 0 Å². The molecular formula is C26H41NO4. The van der Waals surface area contributed by atoms with Crippen molar-refractivity contribution < 1.29 is 19.8 Å². The Balaban J connectivity index is 2.25. The fraction of sp³-hybridized carbons (Fsp3) is 0.654. The van der Waals surface area contributed by atoms with E-state index in [-0.39, 0.29) is 22.7 Å². The first kappa shape index (κ1) is 25.4. The van der Waals surface area contributed by atoms with Crippen LogP contribution in [-0.4, -0.2) is 38.5 Å². The summed E-state index contributed by atoms with van der Waals surface area (Å²) in [4.78, 5) is 12.5. The third-order valence-corrected chi connectivity index (χ3v) is 6.05. The first-order valence-electron chi connectivity index (χ1n) is 11.1. The largest absolute Gasteiger partial charge is 0.507 e. The number of phenols is 1. The first-order valence-corrected chi connectivity index (χ1v) is 11.1. The molecule has 0 aliphatic carbocycles. The Labute approximate surface area is 188 Å². The van der Waals surface area contributed by atoms with E-state index >= 15 is 0 Å². The van der Waals surface area contributed by atoms with Crippen LogP contribution in [0.2, 0.25) is 0 Å². The van der Waals surface area contributed by atoms with E-state index in [1.165, 1.54) is 11.1 Å². The van der Waals surface area contributed by atoms with E-state index < -0.39 is 17.0 Å². The van der Waals surface area contributed by atoms with Crippen molar-refractivity contribution in [3.63, 3.8) is 0 Å². The topological polar surface area (TPSA) is 70.0 Å². The molecule has 2 N–H and O–H groups in total. The Bertz CT molecular complexity index is 835. The lowest BCUT2D eigenvalue weighted by atomic mass is 9.74. The predicted molar refractivity (Wildman–Crippen MR) is 125 cm³/mol. The number of hydroxylamine groups is 2. The molecule has 0 radical (unpaired) electrons. The summed E-state index contributed by atoms with van der Waals surface area (Å²) in [6.45, 7) is 20.4. The molecule has 5 heteroatoms. The van der Waals surface area contributed by atoms with Crippen molar-refractivity contribution in [1.82, 2.24) is 5.06 Å². The minimum Gasteiger partial charge on any atom is -0.507 e. The number of nitrogens with zero attached hydrogens (tertiary/aromatic N) is 1. The standard InChI is InChI=1S/C26H41NO4/c1-23(2,3)19-13-11-17(22(29)21(19)24(4,5)6)12-14-20(28)31-18-15-25(7,8)27(30)26(9,10)16-18/h11-14,18,29-30H,15-16H2,1-10H3/b14-12+. The number of hydrogen-bond donors (Lipinski definition) is 2. The van der Waals surface area contributed by atoms with Gasteiger partial charge < -0.3 is 15.1 Å². The Morgan fingerprint density at radius 1 is 1.03 bits per heavy atom. The zero-order chi connectivity index (χ0) is 24.0. The van der Waals surface area contributed by atoms with Gasteiger partial charge in [0.15, 0.2) is 0 Å². The fourth-order valence-electron chi connectivity index (χ4n) is 4.75. The minimum absolute atomic E-state index is 0.109. The van der Waals surface area contributed by atoms with E-state index in [0.29, 0.717) is 18.4 Å². The summed E-state index contributed by atoms with van der Waals surface area (Å²) in [7, 11) is 0. The summed E-state index contributed by atoms with van der Waals surface area (Å²) in [5.41, 5.74) is 1.26. The van der Waals surface area contributed by atoms with Gasteiger partial charge in [-0.25, -0.2) is 4.79 Å². The summed E-state index contributed by atoms with van der Waals surface area (Å²) >= 11 is 0. The number of ether oxygens (including phenoxy) is 1. The SMILES string of the molecule is CC(C)(C)c1ccc(/C=C/C(=O)OC2CC(C)(C)N(O)C(C)(C)C2)c(O)c1C(C)(C)C. The molecule has 5 nitrogen and oxygen atoms in total. The van der Waals surface area contributed by atoms with Crippen molar-refractivity contribution in [3.8, 4) is 5.75 Å². The summed E-state index contributed by atoms with van der Waals surface area (Å²) < 4.78 is 5.70. The number of piperidine rings is 1. The molecule has 1 aromatic carbocycles. The van der Waals surface area contributed by atoms with E-state index in [2.05, 4.69) is 41.5 Å². The number of rotatable bonds is 3. The number of carbonyl (C=O) groups excluding carboxylic acids is 1. The summed E-state index contributed by atoms with van der Waals surface area (Å²) in [6, 6.07) is 3.89. The van der Waals surface area contributed by atoms with Crippen LogP contribution in [0.3, 0.4) is 0 Å². The molecule has 0 unspecified atom stereocenters. The van der Waals surface area contributed by atoms with Gasteiger partial charge in [-0.15, -0.1) is 0 Å². The van der Waals surface area contributed by atoms with E-state index in [1.807, 2.05) is 39.8 Å². The van der Waals surface area contributed by atoms with Gasteiger partial charge in [-0.05, 0) is 50.2 Å². The molecule has 2 rings (SSSR count). The molecule has 1 aromatic rings. The number of carbonyl (C=O) groups is 1. The summed E-state index contributed by atoms with van der Waals surface area (Å²) in [6.07, 6.45) is 3.81. The fourth-order valence-corrected chi connectivity index (χ4v) is 4.75. The van der Waals surface area contributed by atoms with Gasteiger partial charge in [0, 0.05) is 41.1 Å². The Morgan fingerprint density at radius 2 is 1.55 bits per heavy atom. The molecule has 1 aliphatic heterocycles. The first-order chi connectivity index (χ1) is 13.9. The molecule has 174 valence electrons. The molecule has 0 bridgehead atoms. The molecule has 0 aromatic heterocycles. The maximum atomic E-state index is 12.5. The van der Waals surface area contributed by atoms with Gasteiger partial charge in [0.25, 0.3) is 0 Å². The lowest BCUT2D eigenvalue weighted by Gasteiger charge is -2.50. The van der Waals surface area contributed by atoms with E-state index in [4.69, 9.17) is 4.74 Å². The van der Waals surface area contributed by atoms with Crippen LogP contribution in [0.1, 0.15) is 98.8 Å². The van der Waals surface area contributed by atoms with Crippen LogP contribution >= 0.6 is 0 Å². The van der Waals surface area contributed by atoms with Crippen molar-refractivity contribution in [3.05, 3.63) is 34.9 Å². The molecule has 1 fully saturated rings. The monoisotopic (exact) mass is 431 g/mol. The third-order valence-electron chi connectivity index (χ3n) is 6.05. The van der Waals surface area contributed by atoms with E-state index in [9.17, 15) is 15.1 Å². The van der Waals surface area contributed by atoms with E-state index in [0.717, 1.165) is 11.1 Å². The highest BCUT2D eigenvalue weighted by atomic mass is 16.5. The highest BCUT2D eigenvalue weighted by molar-refractivity contribution is 5.88. The Kier molecular flexibility index (Phi) is 6.76. The quantitative estimate of drug-likeness (QED) is 0.457. The zero-order valence-electron chi connectivity index (χ0n) is 21.0. The average molecular weight is 432 g/mol. The Hall–Kier alpha value is -1.85. The molecule has 0 spiro atoms. The van der Waals surface area contributed by atoms with Crippen LogP contribution in [-0.2, 0) is 20.4 Å². The molecule has 0 saturated carbocycles. The van der Waals surface area contributed by atoms with Crippen LogP contribution < -0.4 is 0 Å². The summed E-state index contributed by atoms with van der Waals surface area (Å²) in [5.74, 6) is -0.237. The molecule has 31 heavy (non-hydrogen) atoms. The second-order valence-electron chi connectivity index (χ2n) is 12.2. The number of benzene rings is 1. The minimum atomic E-state index is -0.487. The van der Waals surface area contributed by atoms with Gasteiger partial charge >= 0.3 is 5.97 Å². The van der Waals surface area contributed by atoms with Crippen LogP contribution in [0.15, 0.2) is 18.2 Å². The maximum absolute atomic E-state index is 12.5. The number of aromatic hydroxyl groups is 1. The highest BCUT2D eigenvalue weighted by Gasteiger charge is 2.46. The molecule has 1 saturated heterocycles. The number of hydrogen-bond acceptors (Lipinski definition) is 5. The molecule has 0 amide bonds. The van der Waals surface area contributed by atoms with Gasteiger partial charge in [-0.2, -0.15) is 5.06 Å². The number of esters is 1. The van der Waals surface area contributed by atoms with Crippen molar-refractivity contribution >= 4 is 12.0 Å². The van der Waals surface area contributed by atoms with Gasteiger partial charge in [-0.1, -0.05) is 53.7 Å². The van der Waals surface area contributed by atoms with Gasteiger partial charge in [0.05, 0.1) is 0 Å². The second kappa shape index (κ2) is 8.25. The zero-order valence-corrected chi connectivity index (χ0v) is 21.0. The lowest BCUT2D eigenvalue weighted by molar-refractivity contribution is -0.259. The van der Waals surface area contributed by atoms with Gasteiger partial charge in [0.2, 0.25) is 0 Å². The average Bonchev–Trinajstić information content (AvgIpc) is 2.55. The molecule has 1 heterocycles. The smallest absolute Gasteiger partial charge is 0.331 e. The van der Waals surface area contributed by atoms with Crippen LogP contribution in [0.4, 0.5) is 0 Å². The normalized spacial score (nSPS) is 20.2. The second-order valence-corrected chi connectivity index (χ2v) is 12.2. The summed E-state index contributed by atoms with van der Waals surface area (Å²) in [5, 5.41) is 22.8. The van der Waals surface area contributed by atoms with Crippen molar-refractivity contribution in [2.24, 2.45) is 0 Å².